The van der Waals surface area contributed by atoms with E-state index in [1.165, 1.54) is 14.2 Å². The SMILES string of the molecule is COc1cccc(OC)c1OC[C@H](O)CNc1c(F)cc(C#N)cc1F. The average Bonchev–Trinajstić information content (AvgIpc) is 2.64. The minimum atomic E-state index is -1.07. The molecule has 0 fully saturated rings. The van der Waals surface area contributed by atoms with Gasteiger partial charge in [0.25, 0.3) is 0 Å². The molecule has 0 saturated carbocycles. The molecule has 138 valence electrons. The number of rotatable bonds is 8. The number of anilines is 1. The van der Waals surface area contributed by atoms with Crippen LogP contribution in [0, 0.1) is 23.0 Å². The summed E-state index contributed by atoms with van der Waals surface area (Å²) in [6.45, 7) is -0.333. The summed E-state index contributed by atoms with van der Waals surface area (Å²) in [7, 11) is 2.94. The van der Waals surface area contributed by atoms with Crippen LogP contribution >= 0.6 is 0 Å². The summed E-state index contributed by atoms with van der Waals surface area (Å²) < 4.78 is 43.5. The fraction of sp³-hybridized carbons (Fsp3) is 0.278. The number of nitriles is 1. The second-order valence-electron chi connectivity index (χ2n) is 5.26. The normalized spacial score (nSPS) is 11.4. The van der Waals surface area contributed by atoms with Crippen molar-refractivity contribution < 1.29 is 28.1 Å². The number of hydrogen-bond donors (Lipinski definition) is 2. The molecule has 0 spiro atoms. The summed E-state index contributed by atoms with van der Waals surface area (Å²) in [5.74, 6) is -0.670. The monoisotopic (exact) mass is 364 g/mol. The molecule has 0 radical (unpaired) electrons. The fourth-order valence-electron chi connectivity index (χ4n) is 2.22. The maximum atomic E-state index is 13.8. The summed E-state index contributed by atoms with van der Waals surface area (Å²) >= 11 is 0. The lowest BCUT2D eigenvalue weighted by molar-refractivity contribution is 0.113. The quantitative estimate of drug-likeness (QED) is 0.749. The molecule has 0 saturated heterocycles. The highest BCUT2D eigenvalue weighted by atomic mass is 19.1. The third-order valence-corrected chi connectivity index (χ3v) is 3.49. The van der Waals surface area contributed by atoms with E-state index in [2.05, 4.69) is 5.32 Å². The molecule has 0 amide bonds. The zero-order chi connectivity index (χ0) is 19.1. The number of halogens is 2. The molecular weight excluding hydrogens is 346 g/mol. The Morgan fingerprint density at radius 1 is 1.15 bits per heavy atom. The molecule has 2 rings (SSSR count). The number of benzene rings is 2. The molecule has 0 aliphatic rings. The number of aliphatic hydroxyl groups excluding tert-OH is 1. The van der Waals surface area contributed by atoms with Gasteiger partial charge in [-0.3, -0.25) is 0 Å². The molecule has 6 nitrogen and oxygen atoms in total. The van der Waals surface area contributed by atoms with Crippen LogP contribution in [0.25, 0.3) is 0 Å². The third kappa shape index (κ3) is 4.52. The van der Waals surface area contributed by atoms with Gasteiger partial charge in [0.05, 0.1) is 25.9 Å². The van der Waals surface area contributed by atoms with Crippen LogP contribution in [-0.2, 0) is 0 Å². The maximum absolute atomic E-state index is 13.8. The largest absolute Gasteiger partial charge is 0.493 e. The smallest absolute Gasteiger partial charge is 0.203 e. The molecule has 0 aromatic heterocycles. The molecule has 0 aliphatic carbocycles. The van der Waals surface area contributed by atoms with Crippen molar-refractivity contribution in [2.45, 2.75) is 6.10 Å². The molecule has 2 aromatic rings. The van der Waals surface area contributed by atoms with E-state index in [1.54, 1.807) is 24.3 Å². The van der Waals surface area contributed by atoms with Gasteiger partial charge in [0, 0.05) is 6.54 Å². The van der Waals surface area contributed by atoms with Gasteiger partial charge < -0.3 is 24.6 Å². The van der Waals surface area contributed by atoms with Crippen molar-refractivity contribution in [2.75, 3.05) is 32.7 Å². The molecule has 0 heterocycles. The topological polar surface area (TPSA) is 83.7 Å². The van der Waals surface area contributed by atoms with E-state index in [0.717, 1.165) is 12.1 Å². The summed E-state index contributed by atoms with van der Waals surface area (Å²) in [5, 5.41) is 21.2. The number of nitrogens with one attached hydrogen (secondary N) is 1. The van der Waals surface area contributed by atoms with Gasteiger partial charge in [-0.25, -0.2) is 8.78 Å². The Hall–Kier alpha value is -3.05. The predicted octanol–water partition coefficient (Wildman–Crippen LogP) is 2.71. The molecule has 0 unspecified atom stereocenters. The molecule has 1 atom stereocenters. The van der Waals surface area contributed by atoms with Crippen LogP contribution < -0.4 is 19.5 Å². The van der Waals surface area contributed by atoms with Gasteiger partial charge in [-0.1, -0.05) is 6.07 Å². The van der Waals surface area contributed by atoms with Crippen LogP contribution in [0.15, 0.2) is 30.3 Å². The summed E-state index contributed by atoms with van der Waals surface area (Å²) in [4.78, 5) is 0. The lowest BCUT2D eigenvalue weighted by atomic mass is 10.2. The van der Waals surface area contributed by atoms with Crippen LogP contribution in [0.3, 0.4) is 0 Å². The summed E-state index contributed by atoms with van der Waals surface area (Å²) in [6.07, 6.45) is -1.07. The first kappa shape index (κ1) is 19.3. The molecule has 26 heavy (non-hydrogen) atoms. The first-order valence-corrected chi connectivity index (χ1v) is 7.65. The minimum Gasteiger partial charge on any atom is -0.493 e. The summed E-state index contributed by atoms with van der Waals surface area (Å²) in [5.41, 5.74) is -0.546. The zero-order valence-electron chi connectivity index (χ0n) is 14.3. The molecule has 8 heteroatoms. The Morgan fingerprint density at radius 3 is 2.23 bits per heavy atom. The van der Waals surface area contributed by atoms with Crippen LogP contribution in [-0.4, -0.2) is 38.6 Å². The molecule has 0 bridgehead atoms. The van der Waals surface area contributed by atoms with Crippen LogP contribution in [0.1, 0.15) is 5.56 Å². The Balaban J connectivity index is 1.99. The van der Waals surface area contributed by atoms with E-state index >= 15 is 0 Å². The number of methoxy groups -OCH3 is 2. The molecule has 0 aliphatic heterocycles. The minimum absolute atomic E-state index is 0.127. The highest BCUT2D eigenvalue weighted by Crippen LogP contribution is 2.36. The van der Waals surface area contributed by atoms with E-state index < -0.39 is 23.4 Å². The molecular formula is C18H18F2N2O4. The molecule has 2 aromatic carbocycles. The van der Waals surface area contributed by atoms with Gasteiger partial charge >= 0.3 is 0 Å². The van der Waals surface area contributed by atoms with Crippen LogP contribution in [0.2, 0.25) is 0 Å². The first-order chi connectivity index (χ1) is 12.5. The first-order valence-electron chi connectivity index (χ1n) is 7.65. The highest BCUT2D eigenvalue weighted by Gasteiger charge is 2.16. The number of hydrogen-bond acceptors (Lipinski definition) is 6. The van der Waals surface area contributed by atoms with Gasteiger partial charge in [0.15, 0.2) is 23.1 Å². The third-order valence-electron chi connectivity index (χ3n) is 3.49. The number of nitrogens with zero attached hydrogens (tertiary/aromatic N) is 1. The fourth-order valence-corrected chi connectivity index (χ4v) is 2.22. The van der Waals surface area contributed by atoms with Gasteiger partial charge in [-0.05, 0) is 24.3 Å². The van der Waals surface area contributed by atoms with Crippen molar-refractivity contribution in [3.63, 3.8) is 0 Å². The van der Waals surface area contributed by atoms with Crippen LogP contribution in [0.4, 0.5) is 14.5 Å². The van der Waals surface area contributed by atoms with Crippen LogP contribution in [0.5, 0.6) is 17.2 Å². The van der Waals surface area contributed by atoms with E-state index in [1.807, 2.05) is 0 Å². The Kier molecular flexibility index (Phi) is 6.58. The van der Waals surface area contributed by atoms with E-state index in [9.17, 15) is 13.9 Å². The number of ether oxygens (including phenoxy) is 3. The standard InChI is InChI=1S/C18H18F2N2O4/c1-24-15-4-3-5-16(25-2)18(15)26-10-12(23)9-22-17-13(19)6-11(8-21)7-14(17)20/h3-7,12,22-23H,9-10H2,1-2H3/t12-/m1/s1. The maximum Gasteiger partial charge on any atom is 0.203 e. The van der Waals surface area contributed by atoms with Gasteiger partial charge in [0.1, 0.15) is 18.4 Å². The molecule has 2 N–H and O–H groups in total. The highest BCUT2D eigenvalue weighted by molar-refractivity contribution is 5.51. The summed E-state index contributed by atoms with van der Waals surface area (Å²) in [6, 6.07) is 8.54. The Bertz CT molecular complexity index is 763. The van der Waals surface area contributed by atoms with Crippen molar-refractivity contribution in [1.29, 1.82) is 5.26 Å². The van der Waals surface area contributed by atoms with E-state index in [4.69, 9.17) is 19.5 Å². The number of para-hydroxylation sites is 1. The van der Waals surface area contributed by atoms with Crippen molar-refractivity contribution in [2.24, 2.45) is 0 Å². The number of aliphatic hydroxyl groups is 1. The van der Waals surface area contributed by atoms with E-state index in [-0.39, 0.29) is 18.7 Å². The predicted molar refractivity (Wildman–Crippen MR) is 90.6 cm³/mol. The second-order valence-corrected chi connectivity index (χ2v) is 5.26. The van der Waals surface area contributed by atoms with E-state index in [0.29, 0.717) is 17.2 Å². The van der Waals surface area contributed by atoms with Gasteiger partial charge in [-0.15, -0.1) is 0 Å². The van der Waals surface area contributed by atoms with Gasteiger partial charge in [0.2, 0.25) is 5.75 Å². The lowest BCUT2D eigenvalue weighted by Gasteiger charge is -2.17. The van der Waals surface area contributed by atoms with Gasteiger partial charge in [-0.2, -0.15) is 5.26 Å². The average molecular weight is 364 g/mol. The van der Waals surface area contributed by atoms with Crippen molar-refractivity contribution in [1.82, 2.24) is 0 Å². The Labute approximate surface area is 149 Å². The van der Waals surface area contributed by atoms with Crippen molar-refractivity contribution in [3.8, 4) is 23.3 Å². The lowest BCUT2D eigenvalue weighted by Crippen LogP contribution is -2.27. The second kappa shape index (κ2) is 8.87. The Morgan fingerprint density at radius 2 is 1.73 bits per heavy atom. The van der Waals surface area contributed by atoms with Crippen molar-refractivity contribution >= 4 is 5.69 Å². The zero-order valence-corrected chi connectivity index (χ0v) is 14.3. The van der Waals surface area contributed by atoms with Crippen molar-refractivity contribution in [3.05, 3.63) is 47.5 Å².